The van der Waals surface area contributed by atoms with Gasteiger partial charge in [-0.3, -0.25) is 4.79 Å². The van der Waals surface area contributed by atoms with Crippen LogP contribution >= 0.6 is 0 Å². The number of fused-ring (bicyclic) bond motifs is 1. The van der Waals surface area contributed by atoms with E-state index in [1.165, 1.54) is 0 Å². The van der Waals surface area contributed by atoms with Gasteiger partial charge in [-0.15, -0.1) is 0 Å². The molecule has 1 amide bonds. The molecule has 0 unspecified atom stereocenters. The highest BCUT2D eigenvalue weighted by Crippen LogP contribution is 2.32. The van der Waals surface area contributed by atoms with Gasteiger partial charge in [0, 0.05) is 55.8 Å². The van der Waals surface area contributed by atoms with Crippen LogP contribution in [0.25, 0.3) is 22.2 Å². The van der Waals surface area contributed by atoms with Gasteiger partial charge >= 0.3 is 0 Å². The number of rotatable bonds is 9. The second kappa shape index (κ2) is 12.1. The fourth-order valence-electron chi connectivity index (χ4n) is 5.93. The minimum absolute atomic E-state index is 0.0613. The smallest absolute Gasteiger partial charge is 0.240 e. The van der Waals surface area contributed by atoms with E-state index in [0.717, 1.165) is 27.9 Å². The first kappa shape index (κ1) is 29.6. The molecule has 222 valence electrons. The summed E-state index contributed by atoms with van der Waals surface area (Å²) in [4.78, 5) is 15.3. The van der Waals surface area contributed by atoms with Gasteiger partial charge in [0.15, 0.2) is 0 Å². The molecule has 2 aliphatic rings. The molecule has 1 aliphatic heterocycles. The monoisotopic (exact) mass is 583 g/mol. The van der Waals surface area contributed by atoms with Crippen LogP contribution in [-0.4, -0.2) is 75.5 Å². The average molecular weight is 584 g/mol. The molecule has 2 aromatic carbocycles. The van der Waals surface area contributed by atoms with Crippen LogP contribution in [0.4, 0.5) is 0 Å². The van der Waals surface area contributed by atoms with E-state index in [9.17, 15) is 13.2 Å². The highest BCUT2D eigenvalue weighted by Gasteiger charge is 2.35. The van der Waals surface area contributed by atoms with Crippen molar-refractivity contribution in [2.24, 2.45) is 13.0 Å². The van der Waals surface area contributed by atoms with Crippen molar-refractivity contribution in [1.29, 1.82) is 0 Å². The Hall–Kier alpha value is -2.92. The zero-order valence-electron chi connectivity index (χ0n) is 24.4. The minimum Gasteiger partial charge on any atom is -0.491 e. The lowest BCUT2D eigenvalue weighted by molar-refractivity contribution is -0.151. The number of nitrogens with one attached hydrogen (secondary N) is 1. The Morgan fingerprint density at radius 3 is 2.46 bits per heavy atom. The fraction of sp³-hybridized carbons (Fsp3) is 0.516. The Bertz CT molecular complexity index is 1470. The summed E-state index contributed by atoms with van der Waals surface area (Å²) in [7, 11) is -0.132. The summed E-state index contributed by atoms with van der Waals surface area (Å²) >= 11 is 0. The summed E-state index contributed by atoms with van der Waals surface area (Å²) in [6.45, 7) is 6.79. The number of hydrogen-bond acceptors (Lipinski definition) is 6. The lowest BCUT2D eigenvalue weighted by Crippen LogP contribution is -2.52. The van der Waals surface area contributed by atoms with Gasteiger partial charge in [0.05, 0.1) is 23.7 Å². The topological polar surface area (TPSA) is 99.1 Å². The third-order valence-corrected chi connectivity index (χ3v) is 9.69. The molecule has 5 rings (SSSR count). The first-order valence-corrected chi connectivity index (χ1v) is 15.8. The zero-order chi connectivity index (χ0) is 29.2. The molecule has 0 bridgehead atoms. The maximum absolute atomic E-state index is 13.4. The lowest BCUT2D eigenvalue weighted by Gasteiger charge is -2.40. The van der Waals surface area contributed by atoms with Crippen LogP contribution in [0, 0.1) is 5.92 Å². The summed E-state index contributed by atoms with van der Waals surface area (Å²) in [5.41, 5.74) is 2.51. The predicted octanol–water partition coefficient (Wildman–Crippen LogP) is 4.35. The highest BCUT2D eigenvalue weighted by molar-refractivity contribution is 7.89. The largest absolute Gasteiger partial charge is 0.491 e. The van der Waals surface area contributed by atoms with Crippen molar-refractivity contribution in [3.05, 3.63) is 48.5 Å². The molecule has 1 aromatic heterocycles. The van der Waals surface area contributed by atoms with Crippen molar-refractivity contribution >= 4 is 26.8 Å². The Kier molecular flexibility index (Phi) is 8.75. The number of morpholine rings is 1. The van der Waals surface area contributed by atoms with E-state index in [1.807, 2.05) is 60.7 Å². The third-order valence-electron chi connectivity index (χ3n) is 8.17. The van der Waals surface area contributed by atoms with Gasteiger partial charge in [0.1, 0.15) is 12.4 Å². The molecule has 9 nitrogen and oxygen atoms in total. The molecule has 2 heterocycles. The Labute approximate surface area is 242 Å². The van der Waals surface area contributed by atoms with E-state index >= 15 is 0 Å². The summed E-state index contributed by atoms with van der Waals surface area (Å²) in [6, 6.07) is 15.0. The van der Waals surface area contributed by atoms with Gasteiger partial charge in [-0.1, -0.05) is 6.07 Å². The van der Waals surface area contributed by atoms with E-state index in [2.05, 4.69) is 10.8 Å². The Balaban J connectivity index is 1.23. The molecule has 0 atom stereocenters. The van der Waals surface area contributed by atoms with Crippen molar-refractivity contribution in [1.82, 2.24) is 14.2 Å². The standard InChI is InChI=1S/C31H41N3O6S/c1-31(2)21-34(15-16-40-31)30(35)23-5-10-25(11-6-23)32-41(36,37)27-14-9-24-19-28(33(3)29(24)20-27)22-7-12-26(13-8-22)39-18-17-38-4/h7-9,12-14,19-20,23,25,32H,5-6,10-11,15-18,21H2,1-4H3/t23-,25-. The first-order chi connectivity index (χ1) is 19.6. The van der Waals surface area contributed by atoms with Crippen LogP contribution in [0.1, 0.15) is 39.5 Å². The van der Waals surface area contributed by atoms with E-state index in [0.29, 0.717) is 58.6 Å². The summed E-state index contributed by atoms with van der Waals surface area (Å²) < 4.78 is 48.1. The van der Waals surface area contributed by atoms with Crippen LogP contribution in [0.3, 0.4) is 0 Å². The van der Waals surface area contributed by atoms with Gasteiger partial charge in [-0.05, 0) is 87.6 Å². The summed E-state index contributed by atoms with van der Waals surface area (Å²) in [5.74, 6) is 0.877. The van der Waals surface area contributed by atoms with Crippen LogP contribution in [0.5, 0.6) is 5.75 Å². The number of benzene rings is 2. The van der Waals surface area contributed by atoms with Gasteiger partial charge < -0.3 is 23.7 Å². The number of aromatic nitrogens is 1. The maximum Gasteiger partial charge on any atom is 0.240 e. The molecular formula is C31H41N3O6S. The average Bonchev–Trinajstić information content (AvgIpc) is 3.28. The van der Waals surface area contributed by atoms with Crippen LogP contribution in [0.2, 0.25) is 0 Å². The fourth-order valence-corrected chi connectivity index (χ4v) is 7.25. The molecule has 2 fully saturated rings. The molecule has 1 aliphatic carbocycles. The second-order valence-corrected chi connectivity index (χ2v) is 13.4. The van der Waals surface area contributed by atoms with Gasteiger partial charge in [-0.2, -0.15) is 0 Å². The number of carbonyl (C=O) groups is 1. The number of amides is 1. The molecule has 0 radical (unpaired) electrons. The Morgan fingerprint density at radius 2 is 1.78 bits per heavy atom. The number of hydrogen-bond donors (Lipinski definition) is 1. The molecule has 41 heavy (non-hydrogen) atoms. The zero-order valence-corrected chi connectivity index (χ0v) is 25.2. The predicted molar refractivity (Wildman–Crippen MR) is 158 cm³/mol. The minimum atomic E-state index is -3.72. The van der Waals surface area contributed by atoms with E-state index in [4.69, 9.17) is 14.2 Å². The second-order valence-electron chi connectivity index (χ2n) is 11.7. The number of ether oxygens (including phenoxy) is 3. The third kappa shape index (κ3) is 6.77. The SMILES string of the molecule is COCCOc1ccc(-c2cc3ccc(S(=O)(=O)N[C@H]4CC[C@H](C(=O)N5CCOC(C)(C)C5)CC4)cc3n2C)cc1. The van der Waals surface area contributed by atoms with Crippen molar-refractivity contribution in [2.75, 3.05) is 40.0 Å². The van der Waals surface area contributed by atoms with Crippen molar-refractivity contribution in [2.45, 2.75) is 56.1 Å². The van der Waals surface area contributed by atoms with Crippen molar-refractivity contribution in [3.63, 3.8) is 0 Å². The van der Waals surface area contributed by atoms with Crippen molar-refractivity contribution < 1.29 is 27.4 Å². The highest BCUT2D eigenvalue weighted by atomic mass is 32.2. The Morgan fingerprint density at radius 1 is 1.05 bits per heavy atom. The van der Waals surface area contributed by atoms with Crippen LogP contribution in [-0.2, 0) is 31.3 Å². The number of carbonyl (C=O) groups excluding carboxylic acids is 1. The molecule has 1 saturated carbocycles. The van der Waals surface area contributed by atoms with E-state index < -0.39 is 10.0 Å². The molecular weight excluding hydrogens is 542 g/mol. The molecule has 3 aromatic rings. The maximum atomic E-state index is 13.4. The first-order valence-electron chi connectivity index (χ1n) is 14.3. The molecule has 10 heteroatoms. The summed E-state index contributed by atoms with van der Waals surface area (Å²) in [5, 5.41) is 0.965. The van der Waals surface area contributed by atoms with E-state index in [-0.39, 0.29) is 28.4 Å². The molecule has 1 saturated heterocycles. The van der Waals surface area contributed by atoms with E-state index in [1.54, 1.807) is 19.2 Å². The van der Waals surface area contributed by atoms with Gasteiger partial charge in [-0.25, -0.2) is 13.1 Å². The quantitative estimate of drug-likeness (QED) is 0.376. The number of aryl methyl sites for hydroxylation is 1. The van der Waals surface area contributed by atoms with Crippen LogP contribution in [0.15, 0.2) is 53.4 Å². The van der Waals surface area contributed by atoms with Gasteiger partial charge in [0.2, 0.25) is 15.9 Å². The van der Waals surface area contributed by atoms with Gasteiger partial charge in [0.25, 0.3) is 0 Å². The summed E-state index contributed by atoms with van der Waals surface area (Å²) in [6.07, 6.45) is 2.65. The normalized spacial score (nSPS) is 21.2. The molecule has 0 spiro atoms. The van der Waals surface area contributed by atoms with Crippen molar-refractivity contribution in [3.8, 4) is 17.0 Å². The lowest BCUT2D eigenvalue weighted by atomic mass is 9.85. The number of methoxy groups -OCH3 is 1. The number of nitrogens with zero attached hydrogens (tertiary/aromatic N) is 2. The molecule has 1 N–H and O–H groups in total. The number of sulfonamides is 1. The van der Waals surface area contributed by atoms with Crippen LogP contribution < -0.4 is 9.46 Å².